The Hall–Kier alpha value is -1.97. The Kier molecular flexibility index (Phi) is 6.36. The molecule has 2 N–H and O–H groups in total. The van der Waals surface area contributed by atoms with E-state index in [0.717, 1.165) is 12.0 Å². The number of likely N-dealkylation sites (tertiary alicyclic amines) is 1. The first kappa shape index (κ1) is 20.8. The molecule has 1 saturated heterocycles. The lowest BCUT2D eigenvalue weighted by Gasteiger charge is -2.18. The van der Waals surface area contributed by atoms with Crippen molar-refractivity contribution in [3.63, 3.8) is 0 Å². The molecule has 6 nitrogen and oxygen atoms in total. The standard InChI is InChI=1S/C20H23FN4O2.HI/c1-22-20(24-11-12-3-2-4-15(21)9-12)23-7-8-25-18(26)16-13-5-6-14(10-13)17(16)19(25)27;/h2-6,9,13-14,16-17H,7-8,10-11H2,1H3,(H2,22,23,24);1H. The summed E-state index contributed by atoms with van der Waals surface area (Å²) < 4.78 is 13.2. The van der Waals surface area contributed by atoms with Gasteiger partial charge in [-0.3, -0.25) is 19.5 Å². The predicted molar refractivity (Wildman–Crippen MR) is 114 cm³/mol. The van der Waals surface area contributed by atoms with Gasteiger partial charge in [-0.2, -0.15) is 0 Å². The molecule has 1 heterocycles. The summed E-state index contributed by atoms with van der Waals surface area (Å²) in [7, 11) is 1.64. The fourth-order valence-corrected chi connectivity index (χ4v) is 4.52. The Morgan fingerprint density at radius 1 is 1.18 bits per heavy atom. The van der Waals surface area contributed by atoms with E-state index in [9.17, 15) is 14.0 Å². The fraction of sp³-hybridized carbons (Fsp3) is 0.450. The van der Waals surface area contributed by atoms with E-state index in [-0.39, 0.29) is 65.3 Å². The van der Waals surface area contributed by atoms with Gasteiger partial charge in [0.1, 0.15) is 5.82 Å². The van der Waals surface area contributed by atoms with Crippen molar-refractivity contribution in [1.82, 2.24) is 15.5 Å². The first-order chi connectivity index (χ1) is 13.1. The summed E-state index contributed by atoms with van der Waals surface area (Å²) >= 11 is 0. The topological polar surface area (TPSA) is 73.8 Å². The van der Waals surface area contributed by atoms with Crippen molar-refractivity contribution in [1.29, 1.82) is 0 Å². The second-order valence-electron chi connectivity index (χ2n) is 7.31. The van der Waals surface area contributed by atoms with E-state index in [2.05, 4.69) is 27.8 Å². The number of fused-ring (bicyclic) bond motifs is 5. The van der Waals surface area contributed by atoms with Crippen molar-refractivity contribution in [3.05, 3.63) is 47.8 Å². The zero-order valence-corrected chi connectivity index (χ0v) is 17.9. The minimum Gasteiger partial charge on any atom is -0.355 e. The molecule has 8 heteroatoms. The number of carbonyl (C=O) groups excluding carboxylic acids is 2. The van der Waals surface area contributed by atoms with Crippen molar-refractivity contribution in [3.8, 4) is 0 Å². The molecule has 4 rings (SSSR count). The number of nitrogens with one attached hydrogen (secondary N) is 2. The molecule has 3 aliphatic rings. The van der Waals surface area contributed by atoms with Gasteiger partial charge in [0.25, 0.3) is 0 Å². The normalized spacial score (nSPS) is 27.8. The highest BCUT2D eigenvalue weighted by Crippen LogP contribution is 2.52. The highest BCUT2D eigenvalue weighted by Gasteiger charge is 2.58. The van der Waals surface area contributed by atoms with Crippen LogP contribution in [-0.2, 0) is 16.1 Å². The van der Waals surface area contributed by atoms with Crippen LogP contribution in [0, 0.1) is 29.5 Å². The van der Waals surface area contributed by atoms with Gasteiger partial charge >= 0.3 is 0 Å². The Morgan fingerprint density at radius 3 is 2.46 bits per heavy atom. The van der Waals surface area contributed by atoms with E-state index < -0.39 is 0 Å². The average Bonchev–Trinajstić information content (AvgIpc) is 3.34. The Morgan fingerprint density at radius 2 is 1.86 bits per heavy atom. The summed E-state index contributed by atoms with van der Waals surface area (Å²) in [6.07, 6.45) is 5.13. The number of halogens is 2. The van der Waals surface area contributed by atoms with Crippen LogP contribution in [0.3, 0.4) is 0 Å². The van der Waals surface area contributed by atoms with E-state index in [1.807, 2.05) is 6.07 Å². The maximum atomic E-state index is 13.2. The lowest BCUT2D eigenvalue weighted by Crippen LogP contribution is -2.43. The highest BCUT2D eigenvalue weighted by atomic mass is 127. The molecule has 0 aromatic heterocycles. The van der Waals surface area contributed by atoms with Gasteiger partial charge in [-0.25, -0.2) is 4.39 Å². The van der Waals surface area contributed by atoms with Crippen molar-refractivity contribution in [2.75, 3.05) is 20.1 Å². The number of carbonyl (C=O) groups is 2. The average molecular weight is 498 g/mol. The number of imide groups is 1. The summed E-state index contributed by atoms with van der Waals surface area (Å²) in [5.74, 6) is 0.344. The van der Waals surface area contributed by atoms with Crippen LogP contribution in [0.5, 0.6) is 0 Å². The third kappa shape index (κ3) is 3.78. The van der Waals surface area contributed by atoms with Gasteiger partial charge in [0, 0.05) is 26.7 Å². The molecule has 4 atom stereocenters. The van der Waals surface area contributed by atoms with Crippen molar-refractivity contribution >= 4 is 41.8 Å². The van der Waals surface area contributed by atoms with E-state index >= 15 is 0 Å². The SMILES string of the molecule is CN=C(NCCN1C(=O)C2C3C=CC(C3)C2C1=O)NCc1cccc(F)c1.I. The first-order valence-corrected chi connectivity index (χ1v) is 9.31. The van der Waals surface area contributed by atoms with Crippen LogP contribution in [-0.4, -0.2) is 42.8 Å². The summed E-state index contributed by atoms with van der Waals surface area (Å²) in [5.41, 5.74) is 0.804. The number of amides is 2. The smallest absolute Gasteiger partial charge is 0.233 e. The lowest BCUT2D eigenvalue weighted by atomic mass is 9.85. The fourth-order valence-electron chi connectivity index (χ4n) is 4.52. The zero-order chi connectivity index (χ0) is 19.0. The molecule has 1 aromatic carbocycles. The molecule has 1 saturated carbocycles. The van der Waals surface area contributed by atoms with Gasteiger partial charge in [0.15, 0.2) is 5.96 Å². The molecule has 2 bridgehead atoms. The number of hydrogen-bond acceptors (Lipinski definition) is 3. The Labute approximate surface area is 180 Å². The third-order valence-electron chi connectivity index (χ3n) is 5.76. The number of aliphatic imine (C=N–C) groups is 1. The molecular formula is C20H24FIN4O2. The Balaban J connectivity index is 0.00000225. The molecule has 0 radical (unpaired) electrons. The van der Waals surface area contributed by atoms with Crippen LogP contribution in [0.4, 0.5) is 4.39 Å². The summed E-state index contributed by atoms with van der Waals surface area (Å²) in [6.45, 7) is 1.17. The predicted octanol–water partition coefficient (Wildman–Crippen LogP) is 1.92. The van der Waals surface area contributed by atoms with E-state index in [1.165, 1.54) is 17.0 Å². The molecule has 1 aromatic rings. The van der Waals surface area contributed by atoms with Crippen molar-refractivity contribution in [2.24, 2.45) is 28.7 Å². The molecule has 150 valence electrons. The van der Waals surface area contributed by atoms with Crippen LogP contribution in [0.15, 0.2) is 41.4 Å². The van der Waals surface area contributed by atoms with Gasteiger partial charge in [-0.15, -0.1) is 24.0 Å². The molecular weight excluding hydrogens is 474 g/mol. The number of benzene rings is 1. The zero-order valence-electron chi connectivity index (χ0n) is 15.6. The lowest BCUT2D eigenvalue weighted by molar-refractivity contribution is -0.140. The van der Waals surface area contributed by atoms with Gasteiger partial charge in [-0.05, 0) is 36.0 Å². The molecule has 2 amide bonds. The second-order valence-corrected chi connectivity index (χ2v) is 7.31. The molecule has 28 heavy (non-hydrogen) atoms. The second kappa shape index (κ2) is 8.59. The maximum absolute atomic E-state index is 13.2. The number of hydrogen-bond donors (Lipinski definition) is 2. The highest BCUT2D eigenvalue weighted by molar-refractivity contribution is 14.0. The molecule has 4 unspecified atom stereocenters. The van der Waals surface area contributed by atoms with Crippen LogP contribution in [0.2, 0.25) is 0 Å². The minimum absolute atomic E-state index is 0. The number of allylic oxidation sites excluding steroid dienone is 2. The van der Waals surface area contributed by atoms with E-state index in [4.69, 9.17) is 0 Å². The van der Waals surface area contributed by atoms with Gasteiger partial charge < -0.3 is 10.6 Å². The largest absolute Gasteiger partial charge is 0.355 e. The summed E-state index contributed by atoms with van der Waals surface area (Å²) in [6, 6.07) is 6.35. The maximum Gasteiger partial charge on any atom is 0.233 e. The monoisotopic (exact) mass is 498 g/mol. The van der Waals surface area contributed by atoms with Crippen LogP contribution < -0.4 is 10.6 Å². The first-order valence-electron chi connectivity index (χ1n) is 9.31. The van der Waals surface area contributed by atoms with Crippen LogP contribution >= 0.6 is 24.0 Å². The van der Waals surface area contributed by atoms with Gasteiger partial charge in [0.2, 0.25) is 11.8 Å². The molecule has 0 spiro atoms. The van der Waals surface area contributed by atoms with Crippen LogP contribution in [0.25, 0.3) is 0 Å². The van der Waals surface area contributed by atoms with E-state index in [1.54, 1.807) is 13.1 Å². The van der Waals surface area contributed by atoms with Crippen molar-refractivity contribution < 1.29 is 14.0 Å². The van der Waals surface area contributed by atoms with E-state index in [0.29, 0.717) is 25.6 Å². The molecule has 1 aliphatic heterocycles. The molecule has 2 fully saturated rings. The summed E-state index contributed by atoms with van der Waals surface area (Å²) in [4.78, 5) is 30.8. The molecule has 2 aliphatic carbocycles. The minimum atomic E-state index is -0.280. The number of guanidine groups is 1. The number of nitrogens with zero attached hydrogens (tertiary/aromatic N) is 2. The quantitative estimate of drug-likeness (QED) is 0.214. The number of rotatable bonds is 5. The third-order valence-corrected chi connectivity index (χ3v) is 5.76. The van der Waals surface area contributed by atoms with Gasteiger partial charge in [0.05, 0.1) is 11.8 Å². The Bertz CT molecular complexity index is 798. The van der Waals surface area contributed by atoms with Gasteiger partial charge in [-0.1, -0.05) is 24.3 Å². The van der Waals surface area contributed by atoms with Crippen LogP contribution in [0.1, 0.15) is 12.0 Å². The summed E-state index contributed by atoms with van der Waals surface area (Å²) in [5, 5.41) is 6.21. The van der Waals surface area contributed by atoms with Crippen molar-refractivity contribution in [2.45, 2.75) is 13.0 Å².